The van der Waals surface area contributed by atoms with Crippen LogP contribution < -0.4 is 0 Å². The number of rotatable bonds is 17. The Morgan fingerprint density at radius 3 is 1.65 bits per heavy atom. The molecule has 0 unspecified atom stereocenters. The molecule has 0 aliphatic rings. The Morgan fingerprint density at radius 2 is 1.15 bits per heavy atom. The van der Waals surface area contributed by atoms with E-state index in [1.165, 1.54) is 12.1 Å². The van der Waals surface area contributed by atoms with Gasteiger partial charge in [0.2, 0.25) is 0 Å². The van der Waals surface area contributed by atoms with E-state index in [1.54, 1.807) is 18.2 Å². The Kier molecular flexibility index (Phi) is 13.3. The lowest BCUT2D eigenvalue weighted by Gasteiger charge is -2.08. The first-order chi connectivity index (χ1) is 12.7. The molecule has 0 heterocycles. The van der Waals surface area contributed by atoms with Gasteiger partial charge in [0, 0.05) is 6.61 Å². The first kappa shape index (κ1) is 23.0. The minimum atomic E-state index is -3.72. The van der Waals surface area contributed by atoms with Gasteiger partial charge in [-0.3, -0.25) is 4.18 Å². The summed E-state index contributed by atoms with van der Waals surface area (Å²) in [6.45, 7) is 6.01. The molecule has 0 saturated heterocycles. The number of benzene rings is 1. The van der Waals surface area contributed by atoms with Crippen molar-refractivity contribution < 1.29 is 31.5 Å². The first-order valence-electron chi connectivity index (χ1n) is 8.92. The van der Waals surface area contributed by atoms with Crippen LogP contribution in [0.1, 0.15) is 19.8 Å². The summed E-state index contributed by atoms with van der Waals surface area (Å²) in [5.74, 6) is 0. The molecule has 0 aromatic heterocycles. The van der Waals surface area contributed by atoms with Crippen molar-refractivity contribution in [3.05, 3.63) is 30.3 Å². The molecule has 0 aliphatic carbocycles. The van der Waals surface area contributed by atoms with Gasteiger partial charge in [-0.1, -0.05) is 31.5 Å². The lowest BCUT2D eigenvalue weighted by atomic mass is 10.4. The molecular weight excluding hydrogens is 360 g/mol. The molecule has 1 aromatic carbocycles. The molecule has 150 valence electrons. The maximum Gasteiger partial charge on any atom is 0.297 e. The summed E-state index contributed by atoms with van der Waals surface area (Å²) in [6.07, 6.45) is 2.21. The topological polar surface area (TPSA) is 80.3 Å². The Balaban J connectivity index is 1.87. The van der Waals surface area contributed by atoms with E-state index in [-0.39, 0.29) is 18.1 Å². The average Bonchev–Trinajstić information content (AvgIpc) is 2.65. The first-order valence-corrected chi connectivity index (χ1v) is 10.3. The Labute approximate surface area is 156 Å². The summed E-state index contributed by atoms with van der Waals surface area (Å²) in [7, 11) is -3.72. The van der Waals surface area contributed by atoms with Gasteiger partial charge in [-0.05, 0) is 18.6 Å². The number of ether oxygens (including phenoxy) is 4. The van der Waals surface area contributed by atoms with Crippen molar-refractivity contribution in [1.82, 2.24) is 0 Å². The molecule has 0 saturated carbocycles. The van der Waals surface area contributed by atoms with Gasteiger partial charge in [-0.2, -0.15) is 8.42 Å². The van der Waals surface area contributed by atoms with Crippen molar-refractivity contribution >= 4 is 10.1 Å². The zero-order valence-electron chi connectivity index (χ0n) is 15.4. The van der Waals surface area contributed by atoms with Crippen LogP contribution in [0.5, 0.6) is 0 Å². The van der Waals surface area contributed by atoms with Gasteiger partial charge in [0.15, 0.2) is 0 Å². The highest BCUT2D eigenvalue weighted by Gasteiger charge is 2.13. The predicted octanol–water partition coefficient (Wildman–Crippen LogP) is 2.26. The van der Waals surface area contributed by atoms with Crippen molar-refractivity contribution in [2.75, 3.05) is 59.5 Å². The normalized spacial score (nSPS) is 11.7. The van der Waals surface area contributed by atoms with Crippen LogP contribution >= 0.6 is 0 Å². The molecule has 0 bridgehead atoms. The highest BCUT2D eigenvalue weighted by Crippen LogP contribution is 2.10. The summed E-state index contributed by atoms with van der Waals surface area (Å²) >= 11 is 0. The van der Waals surface area contributed by atoms with E-state index in [1.807, 2.05) is 0 Å². The molecule has 1 aromatic rings. The van der Waals surface area contributed by atoms with Crippen LogP contribution in [0.15, 0.2) is 35.2 Å². The van der Waals surface area contributed by atoms with Crippen LogP contribution in [-0.2, 0) is 33.2 Å². The molecule has 1 rings (SSSR count). The number of unbranched alkanes of at least 4 members (excludes halogenated alkanes) is 1. The molecule has 7 nitrogen and oxygen atoms in total. The van der Waals surface area contributed by atoms with E-state index >= 15 is 0 Å². The molecule has 0 atom stereocenters. The smallest absolute Gasteiger partial charge is 0.297 e. The van der Waals surface area contributed by atoms with E-state index in [4.69, 9.17) is 23.1 Å². The largest absolute Gasteiger partial charge is 0.379 e. The van der Waals surface area contributed by atoms with Crippen molar-refractivity contribution in [2.45, 2.75) is 24.7 Å². The fraction of sp³-hybridized carbons (Fsp3) is 0.667. The molecule has 26 heavy (non-hydrogen) atoms. The van der Waals surface area contributed by atoms with Gasteiger partial charge in [0.05, 0.1) is 57.8 Å². The van der Waals surface area contributed by atoms with Crippen LogP contribution in [0.2, 0.25) is 0 Å². The summed E-state index contributed by atoms with van der Waals surface area (Å²) in [4.78, 5) is 0.138. The van der Waals surface area contributed by atoms with Gasteiger partial charge in [-0.25, -0.2) is 0 Å². The molecule has 0 amide bonds. The third kappa shape index (κ3) is 11.6. The van der Waals surface area contributed by atoms with Crippen LogP contribution in [0.4, 0.5) is 0 Å². The maximum atomic E-state index is 11.8. The van der Waals surface area contributed by atoms with Gasteiger partial charge in [-0.15, -0.1) is 0 Å². The standard InChI is InChI=1S/C18H30O7S/c1-2-3-9-21-10-11-22-12-13-23-14-15-24-16-17-25-26(19,20)18-7-5-4-6-8-18/h4-8H,2-3,9-17H2,1H3. The lowest BCUT2D eigenvalue weighted by Crippen LogP contribution is -2.15. The molecule has 0 aliphatic heterocycles. The van der Waals surface area contributed by atoms with E-state index < -0.39 is 10.1 Å². The van der Waals surface area contributed by atoms with E-state index in [0.29, 0.717) is 39.6 Å². The van der Waals surface area contributed by atoms with E-state index in [2.05, 4.69) is 6.92 Å². The Bertz CT molecular complexity index is 534. The van der Waals surface area contributed by atoms with Crippen molar-refractivity contribution in [1.29, 1.82) is 0 Å². The fourth-order valence-corrected chi connectivity index (χ4v) is 2.78. The zero-order valence-corrected chi connectivity index (χ0v) is 16.2. The SMILES string of the molecule is CCCCOCCOCCOCCOCCOS(=O)(=O)c1ccccc1. The van der Waals surface area contributed by atoms with Gasteiger partial charge >= 0.3 is 0 Å². The monoisotopic (exact) mass is 390 g/mol. The highest BCUT2D eigenvalue weighted by molar-refractivity contribution is 7.86. The quantitative estimate of drug-likeness (QED) is 0.298. The van der Waals surface area contributed by atoms with Gasteiger partial charge in [0.1, 0.15) is 0 Å². The minimum Gasteiger partial charge on any atom is -0.379 e. The summed E-state index contributed by atoms with van der Waals surface area (Å²) in [5, 5.41) is 0. The van der Waals surface area contributed by atoms with Crippen LogP contribution in [0, 0.1) is 0 Å². The third-order valence-corrected chi connectivity index (χ3v) is 4.58. The molecule has 0 spiro atoms. The van der Waals surface area contributed by atoms with Gasteiger partial charge < -0.3 is 18.9 Å². The second kappa shape index (κ2) is 15.1. The molecule has 0 fully saturated rings. The van der Waals surface area contributed by atoms with Gasteiger partial charge in [0.25, 0.3) is 10.1 Å². The fourth-order valence-electron chi connectivity index (χ4n) is 1.87. The average molecular weight is 390 g/mol. The summed E-state index contributed by atoms with van der Waals surface area (Å²) < 4.78 is 49.9. The van der Waals surface area contributed by atoms with Crippen molar-refractivity contribution in [2.24, 2.45) is 0 Å². The maximum absolute atomic E-state index is 11.8. The van der Waals surface area contributed by atoms with E-state index in [0.717, 1.165) is 19.4 Å². The molecule has 8 heteroatoms. The third-order valence-electron chi connectivity index (χ3n) is 3.26. The van der Waals surface area contributed by atoms with E-state index in [9.17, 15) is 8.42 Å². The lowest BCUT2D eigenvalue weighted by molar-refractivity contribution is -0.00459. The summed E-state index contributed by atoms with van der Waals surface area (Å²) in [6, 6.07) is 8.02. The van der Waals surface area contributed by atoms with Crippen LogP contribution in [-0.4, -0.2) is 67.9 Å². The highest BCUT2D eigenvalue weighted by atomic mass is 32.2. The molecule has 0 N–H and O–H groups in total. The number of hydrogen-bond donors (Lipinski definition) is 0. The Morgan fingerprint density at radius 1 is 0.692 bits per heavy atom. The zero-order chi connectivity index (χ0) is 18.9. The molecular formula is C18H30O7S. The van der Waals surface area contributed by atoms with Crippen LogP contribution in [0.3, 0.4) is 0 Å². The number of hydrogen-bond acceptors (Lipinski definition) is 7. The second-order valence-electron chi connectivity index (χ2n) is 5.39. The van der Waals surface area contributed by atoms with Crippen LogP contribution in [0.25, 0.3) is 0 Å². The Hall–Kier alpha value is -1.03. The second-order valence-corrected chi connectivity index (χ2v) is 7.01. The molecule has 0 radical (unpaired) electrons. The summed E-state index contributed by atoms with van der Waals surface area (Å²) in [5.41, 5.74) is 0. The minimum absolute atomic E-state index is 0.0294. The predicted molar refractivity (Wildman–Crippen MR) is 97.8 cm³/mol. The van der Waals surface area contributed by atoms with Crippen molar-refractivity contribution in [3.8, 4) is 0 Å². The van der Waals surface area contributed by atoms with Crippen molar-refractivity contribution in [3.63, 3.8) is 0 Å².